The third kappa shape index (κ3) is 24.3. The monoisotopic (exact) mass is 946 g/mol. The fraction of sp³-hybridized carbons (Fsp3) is 0.479. The SMILES string of the molecule is CC(C)C.CCC.CCN(C[C@H](C)C(=O)NCC(=O)C(=O)NCC(=O)N[C@H](C(N)=O)c1ccccc1)C(=O)Nc1ccccc1.NC(=O)CNC(=O)C(NC(=O)c1cnccn1)C1CCCCC1. The molecule has 9 amide bonds. The van der Waals surface area contributed by atoms with E-state index in [0.717, 1.165) is 38.0 Å². The van der Waals surface area contributed by atoms with Crippen molar-refractivity contribution in [1.29, 1.82) is 0 Å². The molecule has 1 heterocycles. The first-order valence-electron chi connectivity index (χ1n) is 22.8. The summed E-state index contributed by atoms with van der Waals surface area (Å²) in [5.41, 5.74) is 11.6. The van der Waals surface area contributed by atoms with Crippen molar-refractivity contribution in [2.24, 2.45) is 29.2 Å². The summed E-state index contributed by atoms with van der Waals surface area (Å²) in [6.45, 7) is 13.1. The van der Waals surface area contributed by atoms with Crippen molar-refractivity contribution in [2.45, 2.75) is 99.1 Å². The van der Waals surface area contributed by atoms with Crippen LogP contribution in [0.15, 0.2) is 79.3 Å². The van der Waals surface area contributed by atoms with Gasteiger partial charge in [-0.3, -0.25) is 43.3 Å². The number of hydrogen-bond donors (Lipinski definition) is 8. The predicted molar refractivity (Wildman–Crippen MR) is 258 cm³/mol. The van der Waals surface area contributed by atoms with Crippen molar-refractivity contribution in [2.75, 3.05) is 38.0 Å². The van der Waals surface area contributed by atoms with E-state index in [1.165, 1.54) is 29.9 Å². The Morgan fingerprint density at radius 1 is 0.721 bits per heavy atom. The van der Waals surface area contributed by atoms with Crippen LogP contribution in [0.2, 0.25) is 0 Å². The molecule has 1 aliphatic rings. The van der Waals surface area contributed by atoms with Gasteiger partial charge in [-0.1, -0.05) is 116 Å². The molecule has 20 heteroatoms. The van der Waals surface area contributed by atoms with Gasteiger partial charge >= 0.3 is 6.03 Å². The van der Waals surface area contributed by atoms with Crippen molar-refractivity contribution in [3.05, 3.63) is 90.5 Å². The van der Waals surface area contributed by atoms with E-state index < -0.39 is 78.2 Å². The first kappa shape index (κ1) is 58.8. The number of carbonyl (C=O) groups excluding carboxylic acids is 9. The van der Waals surface area contributed by atoms with Gasteiger partial charge in [0, 0.05) is 31.2 Å². The number of ketones is 1. The Morgan fingerprint density at radius 3 is 1.82 bits per heavy atom. The van der Waals surface area contributed by atoms with E-state index in [2.05, 4.69) is 76.5 Å². The lowest BCUT2D eigenvalue weighted by atomic mass is 9.83. The summed E-state index contributed by atoms with van der Waals surface area (Å²) in [6, 6.07) is 15.0. The predicted octanol–water partition coefficient (Wildman–Crippen LogP) is 3.16. The molecule has 0 spiro atoms. The van der Waals surface area contributed by atoms with Gasteiger partial charge in [-0.25, -0.2) is 9.78 Å². The van der Waals surface area contributed by atoms with Crippen LogP contribution in [0.25, 0.3) is 0 Å². The summed E-state index contributed by atoms with van der Waals surface area (Å²) in [5, 5.41) is 14.8. The van der Waals surface area contributed by atoms with E-state index in [-0.39, 0.29) is 30.7 Å². The third-order valence-electron chi connectivity index (χ3n) is 9.37. The van der Waals surface area contributed by atoms with Crippen molar-refractivity contribution in [3.8, 4) is 0 Å². The summed E-state index contributed by atoms with van der Waals surface area (Å²) in [5.74, 6) is -5.37. The molecule has 1 aromatic heterocycles. The highest BCUT2D eigenvalue weighted by Gasteiger charge is 2.32. The molecule has 20 nitrogen and oxygen atoms in total. The summed E-state index contributed by atoms with van der Waals surface area (Å²) < 4.78 is 0. The van der Waals surface area contributed by atoms with Crippen LogP contribution in [0, 0.1) is 17.8 Å². The molecule has 0 radical (unpaired) electrons. The van der Waals surface area contributed by atoms with Crippen LogP contribution in [0.1, 0.15) is 109 Å². The Hall–Kier alpha value is -7.25. The minimum Gasteiger partial charge on any atom is -0.368 e. The number of hydrogen-bond acceptors (Lipinski definition) is 11. The van der Waals surface area contributed by atoms with E-state index in [1.807, 2.05) is 6.07 Å². The number of primary amides is 2. The fourth-order valence-electron chi connectivity index (χ4n) is 6.13. The molecule has 0 bridgehead atoms. The number of urea groups is 1. The maximum absolute atomic E-state index is 12.5. The minimum atomic E-state index is -1.10. The minimum absolute atomic E-state index is 0.0391. The van der Waals surface area contributed by atoms with Gasteiger partial charge in [-0.2, -0.15) is 0 Å². The molecule has 372 valence electrons. The summed E-state index contributed by atoms with van der Waals surface area (Å²) in [7, 11) is 0. The number of aromatic nitrogens is 2. The second-order valence-electron chi connectivity index (χ2n) is 16.4. The van der Waals surface area contributed by atoms with Gasteiger partial charge in [-0.05, 0) is 49.3 Å². The van der Waals surface area contributed by atoms with Crippen LogP contribution in [0.4, 0.5) is 10.5 Å². The zero-order chi connectivity index (χ0) is 51.0. The van der Waals surface area contributed by atoms with Gasteiger partial charge in [0.25, 0.3) is 11.8 Å². The van der Waals surface area contributed by atoms with Crippen LogP contribution >= 0.6 is 0 Å². The molecule has 3 aromatic rings. The summed E-state index contributed by atoms with van der Waals surface area (Å²) >= 11 is 0. The van der Waals surface area contributed by atoms with Gasteiger partial charge in [0.15, 0.2) is 0 Å². The molecule has 0 aliphatic heterocycles. The molecule has 68 heavy (non-hydrogen) atoms. The number of amides is 9. The number of anilines is 1. The highest BCUT2D eigenvalue weighted by Crippen LogP contribution is 2.27. The molecular formula is C48H71N11O9. The van der Waals surface area contributed by atoms with E-state index in [4.69, 9.17) is 11.5 Å². The van der Waals surface area contributed by atoms with Crippen molar-refractivity contribution in [3.63, 3.8) is 0 Å². The second-order valence-corrected chi connectivity index (χ2v) is 16.4. The maximum Gasteiger partial charge on any atom is 0.321 e. The van der Waals surface area contributed by atoms with E-state index in [1.54, 1.807) is 68.4 Å². The van der Waals surface area contributed by atoms with Crippen molar-refractivity contribution < 1.29 is 43.2 Å². The van der Waals surface area contributed by atoms with Crippen LogP contribution < -0.4 is 43.4 Å². The zero-order valence-electron chi connectivity index (χ0n) is 40.3. The highest BCUT2D eigenvalue weighted by molar-refractivity contribution is 6.37. The van der Waals surface area contributed by atoms with E-state index >= 15 is 0 Å². The fourth-order valence-corrected chi connectivity index (χ4v) is 6.13. The Bertz CT molecular complexity index is 2030. The van der Waals surface area contributed by atoms with Crippen LogP contribution in [0.3, 0.4) is 0 Å². The number of benzene rings is 2. The largest absolute Gasteiger partial charge is 0.368 e. The lowest BCUT2D eigenvalue weighted by molar-refractivity contribution is -0.139. The van der Waals surface area contributed by atoms with Gasteiger partial charge in [0.05, 0.1) is 31.7 Å². The van der Waals surface area contributed by atoms with Crippen LogP contribution in [-0.2, 0) is 33.6 Å². The molecule has 3 atom stereocenters. The van der Waals surface area contributed by atoms with Gasteiger partial charge < -0.3 is 48.3 Å². The molecule has 10 N–H and O–H groups in total. The molecule has 0 saturated heterocycles. The molecule has 4 rings (SSSR count). The van der Waals surface area contributed by atoms with E-state index in [9.17, 15) is 43.2 Å². The first-order valence-corrected chi connectivity index (χ1v) is 22.8. The molecule has 1 fully saturated rings. The maximum atomic E-state index is 12.5. The standard InChI is InChI=1S/C26H32N6O6.C15H21N5O3.C4H10.C3H8/c1-3-32(26(38)30-19-12-8-5-9-13-19)16-17(2)24(36)28-14-20(33)25(37)29-15-21(34)31-22(23(27)35)18-10-6-4-7-11-18;16-12(21)9-19-15(23)13(10-4-2-1-3-5-10)20-14(22)11-8-17-6-7-18-11;1-4(2)3;1-3-2/h4-13,17,22H,3,14-16H2,1-2H3,(H2,27,35)(H,28,36)(H,29,37)(H,30,38)(H,31,34);6-8,10,13H,1-5,9H2,(H2,16,21)(H,19,23)(H,20,22);4H,1-3H3;3H2,1-2H3/t17-,22-;;;/m0.../s1. The zero-order valence-corrected chi connectivity index (χ0v) is 40.3. The van der Waals surface area contributed by atoms with Crippen molar-refractivity contribution in [1.82, 2.24) is 41.5 Å². The van der Waals surface area contributed by atoms with Crippen LogP contribution in [0.5, 0.6) is 0 Å². The average molecular weight is 946 g/mol. The highest BCUT2D eigenvalue weighted by atomic mass is 16.2. The normalized spacial score (nSPS) is 12.9. The van der Waals surface area contributed by atoms with Gasteiger partial charge in [-0.15, -0.1) is 0 Å². The quantitative estimate of drug-likeness (QED) is 0.0808. The molecule has 1 saturated carbocycles. The van der Waals surface area contributed by atoms with Crippen molar-refractivity contribution >= 4 is 58.9 Å². The van der Waals surface area contributed by atoms with Crippen LogP contribution in [-0.4, -0.2) is 107 Å². The number of nitrogens with two attached hydrogens (primary N) is 2. The first-order chi connectivity index (χ1) is 32.3. The number of rotatable bonds is 19. The molecule has 1 unspecified atom stereocenters. The van der Waals surface area contributed by atoms with E-state index in [0.29, 0.717) is 17.8 Å². The average Bonchev–Trinajstić information content (AvgIpc) is 3.32. The lowest BCUT2D eigenvalue weighted by Gasteiger charge is -2.29. The number of para-hydroxylation sites is 1. The number of Topliss-reactive ketones (excluding diaryl/α,β-unsaturated/α-hetero) is 1. The Kier molecular flexibility index (Phi) is 28.7. The second kappa shape index (κ2) is 33.3. The number of nitrogens with zero attached hydrogens (tertiary/aromatic N) is 3. The summed E-state index contributed by atoms with van der Waals surface area (Å²) in [4.78, 5) is 118. The Morgan fingerprint density at radius 2 is 1.29 bits per heavy atom. The Labute approximate surface area is 399 Å². The van der Waals surface area contributed by atoms with Gasteiger partial charge in [0.2, 0.25) is 35.3 Å². The molecule has 2 aromatic carbocycles. The lowest BCUT2D eigenvalue weighted by Crippen LogP contribution is -2.52. The third-order valence-corrected chi connectivity index (χ3v) is 9.37. The smallest absolute Gasteiger partial charge is 0.321 e. The van der Waals surface area contributed by atoms with Gasteiger partial charge in [0.1, 0.15) is 17.8 Å². The topological polar surface area (TPSA) is 307 Å². The number of nitrogens with one attached hydrogen (secondary N) is 6. The number of carbonyl (C=O) groups is 9. The summed E-state index contributed by atoms with van der Waals surface area (Å²) in [6.07, 6.45) is 10.4. The molecular weight excluding hydrogens is 875 g/mol. The molecule has 1 aliphatic carbocycles. The Balaban J connectivity index is 0.000000650.